The average molecular weight is 404 g/mol. The quantitative estimate of drug-likeness (QED) is 0.565. The van der Waals surface area contributed by atoms with Crippen LogP contribution in [0.3, 0.4) is 0 Å². The standard InChI is InChI=1S/C24H25N3OS/c1-18(2)27-22(23(25)28)17-29-24(19-10-5-3-6-11-19,20-12-7-4-8-13-20)21-14-9-15-26-16-21/h3-16,22,27H,1,17H2,2H3,(H2,25,28)/t22-/m0/s1. The molecule has 0 aliphatic carbocycles. The van der Waals surface area contributed by atoms with Gasteiger partial charge in [-0.25, -0.2) is 0 Å². The van der Waals surface area contributed by atoms with E-state index in [0.717, 1.165) is 16.7 Å². The van der Waals surface area contributed by atoms with E-state index >= 15 is 0 Å². The van der Waals surface area contributed by atoms with Crippen molar-refractivity contribution in [2.45, 2.75) is 17.7 Å². The van der Waals surface area contributed by atoms with E-state index in [9.17, 15) is 4.79 Å². The highest BCUT2D eigenvalue weighted by atomic mass is 32.2. The molecular formula is C24H25N3OS. The molecule has 0 unspecified atom stereocenters. The third kappa shape index (κ3) is 4.69. The van der Waals surface area contributed by atoms with E-state index in [2.05, 4.69) is 47.2 Å². The first-order valence-corrected chi connectivity index (χ1v) is 10.4. The summed E-state index contributed by atoms with van der Waals surface area (Å²) in [6, 6.07) is 24.0. The number of carbonyl (C=O) groups excluding carboxylic acids is 1. The molecule has 0 fully saturated rings. The van der Waals surface area contributed by atoms with Gasteiger partial charge in [0.1, 0.15) is 6.04 Å². The van der Waals surface area contributed by atoms with Crippen LogP contribution in [-0.2, 0) is 9.54 Å². The number of nitrogens with one attached hydrogen (secondary N) is 1. The molecule has 0 radical (unpaired) electrons. The summed E-state index contributed by atoms with van der Waals surface area (Å²) < 4.78 is -0.540. The number of allylic oxidation sites excluding steroid dienone is 1. The smallest absolute Gasteiger partial charge is 0.240 e. The van der Waals surface area contributed by atoms with Crippen LogP contribution in [0.4, 0.5) is 0 Å². The van der Waals surface area contributed by atoms with Crippen LogP contribution in [0, 0.1) is 0 Å². The second-order valence-electron chi connectivity index (χ2n) is 6.85. The van der Waals surface area contributed by atoms with Crippen molar-refractivity contribution in [1.29, 1.82) is 0 Å². The Labute approximate surface area is 176 Å². The molecule has 1 amide bonds. The van der Waals surface area contributed by atoms with E-state index in [1.54, 1.807) is 18.0 Å². The fraction of sp³-hybridized carbons (Fsp3) is 0.167. The maximum Gasteiger partial charge on any atom is 0.240 e. The Balaban J connectivity index is 2.14. The number of pyridine rings is 1. The number of primary amides is 1. The molecule has 0 bridgehead atoms. The molecule has 148 valence electrons. The van der Waals surface area contributed by atoms with E-state index in [0.29, 0.717) is 11.4 Å². The molecule has 1 aromatic heterocycles. The van der Waals surface area contributed by atoms with E-state index in [-0.39, 0.29) is 0 Å². The molecule has 3 N–H and O–H groups in total. The Morgan fingerprint density at radius 1 is 1.03 bits per heavy atom. The van der Waals surface area contributed by atoms with Crippen molar-refractivity contribution in [1.82, 2.24) is 10.3 Å². The Kier molecular flexibility index (Phi) is 6.73. The van der Waals surface area contributed by atoms with Crippen LogP contribution in [0.2, 0.25) is 0 Å². The van der Waals surface area contributed by atoms with Crippen LogP contribution in [0.25, 0.3) is 0 Å². The molecule has 1 heterocycles. The van der Waals surface area contributed by atoms with E-state index < -0.39 is 16.7 Å². The molecule has 0 saturated heterocycles. The van der Waals surface area contributed by atoms with Gasteiger partial charge in [-0.3, -0.25) is 9.78 Å². The highest BCUT2D eigenvalue weighted by Crippen LogP contribution is 2.48. The molecule has 2 aromatic carbocycles. The lowest BCUT2D eigenvalue weighted by molar-refractivity contribution is -0.119. The van der Waals surface area contributed by atoms with Gasteiger partial charge in [0.25, 0.3) is 0 Å². The highest BCUT2D eigenvalue weighted by Gasteiger charge is 2.38. The summed E-state index contributed by atoms with van der Waals surface area (Å²) in [4.78, 5) is 16.4. The summed E-state index contributed by atoms with van der Waals surface area (Å²) in [7, 11) is 0. The summed E-state index contributed by atoms with van der Waals surface area (Å²) in [5, 5.41) is 3.10. The third-order valence-corrected chi connectivity index (χ3v) is 6.30. The molecule has 0 saturated carbocycles. The number of rotatable bonds is 9. The summed E-state index contributed by atoms with van der Waals surface area (Å²) >= 11 is 1.66. The second kappa shape index (κ2) is 9.43. The minimum atomic E-state index is -0.540. The van der Waals surface area contributed by atoms with Crippen molar-refractivity contribution >= 4 is 17.7 Å². The molecule has 0 aliphatic rings. The number of hydrogen-bond donors (Lipinski definition) is 2. The molecule has 5 heteroatoms. The first kappa shape index (κ1) is 20.7. The van der Waals surface area contributed by atoms with Gasteiger partial charge in [-0.1, -0.05) is 73.3 Å². The van der Waals surface area contributed by atoms with Crippen molar-refractivity contribution in [2.24, 2.45) is 5.73 Å². The first-order valence-electron chi connectivity index (χ1n) is 9.41. The van der Waals surface area contributed by atoms with Crippen molar-refractivity contribution in [3.8, 4) is 0 Å². The Hall–Kier alpha value is -3.05. The Morgan fingerprint density at radius 2 is 1.59 bits per heavy atom. The topological polar surface area (TPSA) is 68.0 Å². The maximum absolute atomic E-state index is 12.1. The van der Waals surface area contributed by atoms with Gasteiger partial charge in [0, 0.05) is 23.8 Å². The van der Waals surface area contributed by atoms with Crippen LogP contribution in [-0.4, -0.2) is 22.7 Å². The summed E-state index contributed by atoms with van der Waals surface area (Å²) in [6.07, 6.45) is 3.65. The van der Waals surface area contributed by atoms with Crippen molar-refractivity contribution in [3.05, 3.63) is 114 Å². The second-order valence-corrected chi connectivity index (χ2v) is 8.08. The van der Waals surface area contributed by atoms with Crippen LogP contribution in [0.5, 0.6) is 0 Å². The van der Waals surface area contributed by atoms with Crippen molar-refractivity contribution in [2.75, 3.05) is 5.75 Å². The number of nitrogens with two attached hydrogens (primary N) is 1. The number of aromatic nitrogens is 1. The summed E-state index contributed by atoms with van der Waals surface area (Å²) in [5.74, 6) is 0.0719. The largest absolute Gasteiger partial charge is 0.377 e. The first-order chi connectivity index (χ1) is 14.0. The molecule has 3 aromatic rings. The van der Waals surface area contributed by atoms with Gasteiger partial charge in [0.05, 0.1) is 4.75 Å². The van der Waals surface area contributed by atoms with E-state index in [1.807, 2.05) is 55.6 Å². The Bertz CT molecular complexity index is 849. The van der Waals surface area contributed by atoms with Crippen LogP contribution in [0.1, 0.15) is 23.6 Å². The zero-order chi connectivity index (χ0) is 20.7. The number of nitrogens with zero attached hydrogens (tertiary/aromatic N) is 1. The molecular weight excluding hydrogens is 378 g/mol. The lowest BCUT2D eigenvalue weighted by atomic mass is 9.85. The predicted octanol–water partition coefficient (Wildman–Crippen LogP) is 4.08. The van der Waals surface area contributed by atoms with Gasteiger partial charge >= 0.3 is 0 Å². The van der Waals surface area contributed by atoms with Gasteiger partial charge in [-0.2, -0.15) is 0 Å². The minimum Gasteiger partial charge on any atom is -0.377 e. The fourth-order valence-electron chi connectivity index (χ4n) is 3.37. The lowest BCUT2D eigenvalue weighted by Crippen LogP contribution is -2.43. The Morgan fingerprint density at radius 3 is 2.03 bits per heavy atom. The van der Waals surface area contributed by atoms with Gasteiger partial charge in [-0.05, 0) is 29.7 Å². The highest BCUT2D eigenvalue weighted by molar-refractivity contribution is 8.00. The SMILES string of the molecule is C=C(C)N[C@@H](CSC(c1ccccc1)(c1ccccc1)c1cccnc1)C(N)=O. The van der Waals surface area contributed by atoms with Crippen LogP contribution < -0.4 is 11.1 Å². The zero-order valence-corrected chi connectivity index (χ0v) is 17.2. The van der Waals surface area contributed by atoms with Crippen LogP contribution >= 0.6 is 11.8 Å². The molecule has 29 heavy (non-hydrogen) atoms. The third-order valence-electron chi connectivity index (χ3n) is 4.66. The van der Waals surface area contributed by atoms with Gasteiger partial charge in [0.2, 0.25) is 5.91 Å². The number of thioether (sulfide) groups is 1. The molecule has 0 spiro atoms. The molecule has 3 rings (SSSR count). The normalized spacial score (nSPS) is 12.2. The van der Waals surface area contributed by atoms with E-state index in [4.69, 9.17) is 5.73 Å². The predicted molar refractivity (Wildman–Crippen MR) is 120 cm³/mol. The molecule has 0 aliphatic heterocycles. The lowest BCUT2D eigenvalue weighted by Gasteiger charge is -2.36. The van der Waals surface area contributed by atoms with Gasteiger partial charge < -0.3 is 11.1 Å². The van der Waals surface area contributed by atoms with Gasteiger partial charge in [0.15, 0.2) is 0 Å². The maximum atomic E-state index is 12.1. The number of carbonyl (C=O) groups is 1. The zero-order valence-electron chi connectivity index (χ0n) is 16.4. The van der Waals surface area contributed by atoms with Crippen LogP contribution in [0.15, 0.2) is 97.5 Å². The number of benzene rings is 2. The molecule has 4 nitrogen and oxygen atoms in total. The average Bonchev–Trinajstić information content (AvgIpc) is 2.75. The van der Waals surface area contributed by atoms with Crippen molar-refractivity contribution in [3.63, 3.8) is 0 Å². The van der Waals surface area contributed by atoms with Gasteiger partial charge in [-0.15, -0.1) is 11.8 Å². The van der Waals surface area contributed by atoms with E-state index in [1.165, 1.54) is 0 Å². The summed E-state index contributed by atoms with van der Waals surface area (Å²) in [6.45, 7) is 5.68. The monoisotopic (exact) mass is 403 g/mol. The molecule has 1 atom stereocenters. The fourth-order valence-corrected chi connectivity index (χ4v) is 4.92. The number of amides is 1. The summed E-state index contributed by atoms with van der Waals surface area (Å²) in [5.41, 5.74) is 9.64. The van der Waals surface area contributed by atoms with Crippen molar-refractivity contribution < 1.29 is 4.79 Å². The number of hydrogen-bond acceptors (Lipinski definition) is 4. The minimum absolute atomic E-state index is 0.401.